The number of aromatic hydroxyl groups is 1. The van der Waals surface area contributed by atoms with E-state index in [1.54, 1.807) is 23.1 Å². The fourth-order valence-electron chi connectivity index (χ4n) is 2.94. The maximum Gasteiger partial charge on any atom is 0.164 e. The van der Waals surface area contributed by atoms with Crippen LogP contribution in [0.1, 0.15) is 17.2 Å². The van der Waals surface area contributed by atoms with Crippen molar-refractivity contribution < 1.29 is 14.2 Å². The van der Waals surface area contributed by atoms with Crippen molar-refractivity contribution >= 4 is 11.6 Å². The molecule has 1 saturated heterocycles. The Morgan fingerprint density at radius 1 is 1.29 bits per heavy atom. The summed E-state index contributed by atoms with van der Waals surface area (Å²) in [5.74, 6) is -1.09. The number of hydrogen-bond donors (Lipinski definition) is 1. The zero-order valence-electron chi connectivity index (χ0n) is 12.4. The third kappa shape index (κ3) is 2.44. The van der Waals surface area contributed by atoms with Crippen molar-refractivity contribution in [3.8, 4) is 5.75 Å². The molecule has 0 amide bonds. The van der Waals surface area contributed by atoms with E-state index in [0.717, 1.165) is 5.56 Å². The fraction of sp³-hybridized carbons (Fsp3) is 0.176. The second-order valence-corrected chi connectivity index (χ2v) is 6.08. The lowest BCUT2D eigenvalue weighted by Crippen LogP contribution is -2.19. The molecule has 1 fully saturated rings. The zero-order chi connectivity index (χ0) is 16.7. The van der Waals surface area contributed by atoms with Gasteiger partial charge >= 0.3 is 0 Å². The Bertz CT molecular complexity index is 887. The minimum absolute atomic E-state index is 0.319. The Morgan fingerprint density at radius 3 is 2.83 bits per heavy atom. The zero-order valence-corrected chi connectivity index (χ0v) is 13.2. The summed E-state index contributed by atoms with van der Waals surface area (Å²) in [6.45, 7) is 0.369. The van der Waals surface area contributed by atoms with Gasteiger partial charge in [-0.3, -0.25) is 0 Å². The lowest BCUT2D eigenvalue weighted by molar-refractivity contribution is 0.261. The summed E-state index contributed by atoms with van der Waals surface area (Å²) >= 11 is 6.29. The Morgan fingerprint density at radius 2 is 2.12 bits per heavy atom. The minimum atomic E-state index is -0.788. The van der Waals surface area contributed by atoms with Gasteiger partial charge < -0.3 is 9.84 Å². The van der Waals surface area contributed by atoms with Crippen molar-refractivity contribution in [2.45, 2.75) is 18.2 Å². The molecule has 7 heteroatoms. The van der Waals surface area contributed by atoms with Crippen LogP contribution in [-0.2, 0) is 16.9 Å². The maximum absolute atomic E-state index is 13.4. The average molecular weight is 346 g/mol. The third-order valence-corrected chi connectivity index (χ3v) is 4.52. The lowest BCUT2D eigenvalue weighted by atomic mass is 9.91. The van der Waals surface area contributed by atoms with Crippen LogP contribution in [0.25, 0.3) is 0 Å². The van der Waals surface area contributed by atoms with E-state index in [9.17, 15) is 9.50 Å². The van der Waals surface area contributed by atoms with Crippen molar-refractivity contribution in [3.05, 3.63) is 77.1 Å². The highest BCUT2D eigenvalue weighted by atomic mass is 35.5. The molecule has 1 aromatic heterocycles. The summed E-state index contributed by atoms with van der Waals surface area (Å²) in [5.41, 5.74) is 0.703. The topological polar surface area (TPSA) is 63.5 Å². The number of phenolic OH excluding ortho intramolecular Hbond substituents is 1. The highest BCUT2D eigenvalue weighted by molar-refractivity contribution is 6.31. The number of halogens is 2. The molecule has 0 bridgehead atoms. The van der Waals surface area contributed by atoms with Crippen molar-refractivity contribution in [2.75, 3.05) is 0 Å². The summed E-state index contributed by atoms with van der Waals surface area (Å²) in [7, 11) is 0. The number of nitrogens with zero attached hydrogens (tertiary/aromatic N) is 3. The molecular formula is C17H13ClFN3O2. The largest absolute Gasteiger partial charge is 0.505 e. The van der Waals surface area contributed by atoms with Gasteiger partial charge in [0.15, 0.2) is 11.6 Å². The predicted molar refractivity (Wildman–Crippen MR) is 85.0 cm³/mol. The quantitative estimate of drug-likeness (QED) is 0.736. The smallest absolute Gasteiger partial charge is 0.164 e. The van der Waals surface area contributed by atoms with E-state index in [1.165, 1.54) is 18.5 Å². The summed E-state index contributed by atoms with van der Waals surface area (Å²) in [6, 6.07) is 11.6. The molecule has 1 N–H and O–H groups in total. The number of phenols is 1. The van der Waals surface area contributed by atoms with Crippen LogP contribution in [0.15, 0.2) is 55.1 Å². The summed E-state index contributed by atoms with van der Waals surface area (Å²) in [6.07, 6.45) is 2.69. The molecule has 0 spiro atoms. The molecule has 2 unspecified atom stereocenters. The molecular weight excluding hydrogens is 333 g/mol. The standard InChI is InChI=1S/C17H13ClFN3O2/c18-13-4-2-1-3-12(13)16-17(24-16,8-22-10-20-9-21-22)11-5-6-14(19)15(23)7-11/h1-7,9-10,16,23H,8H2. The minimum Gasteiger partial charge on any atom is -0.505 e. The van der Waals surface area contributed by atoms with Crippen LogP contribution < -0.4 is 0 Å². The number of benzene rings is 2. The van der Waals surface area contributed by atoms with Gasteiger partial charge in [-0.05, 0) is 23.8 Å². The first-order chi connectivity index (χ1) is 11.6. The lowest BCUT2D eigenvalue weighted by Gasteiger charge is -2.15. The fourth-order valence-corrected chi connectivity index (χ4v) is 3.18. The van der Waals surface area contributed by atoms with Gasteiger partial charge in [-0.2, -0.15) is 5.10 Å². The van der Waals surface area contributed by atoms with Crippen LogP contribution in [0.3, 0.4) is 0 Å². The molecule has 0 saturated carbocycles. The first-order valence-corrected chi connectivity index (χ1v) is 7.71. The number of hydrogen-bond acceptors (Lipinski definition) is 4. The SMILES string of the molecule is Oc1cc(C2(Cn3cncn3)OC2c2ccccc2Cl)ccc1F. The van der Waals surface area contributed by atoms with E-state index in [4.69, 9.17) is 16.3 Å². The Labute approximate surface area is 142 Å². The number of rotatable bonds is 4. The van der Waals surface area contributed by atoms with E-state index >= 15 is 0 Å². The molecule has 5 nitrogen and oxygen atoms in total. The van der Waals surface area contributed by atoms with Gasteiger partial charge in [0.05, 0.1) is 6.54 Å². The van der Waals surface area contributed by atoms with Crippen molar-refractivity contribution in [1.29, 1.82) is 0 Å². The van der Waals surface area contributed by atoms with E-state index < -0.39 is 17.2 Å². The Kier molecular flexibility index (Phi) is 3.51. The normalized spacial score (nSPS) is 22.5. The molecule has 4 rings (SSSR count). The molecule has 2 atom stereocenters. The monoisotopic (exact) mass is 345 g/mol. The van der Waals surface area contributed by atoms with E-state index in [0.29, 0.717) is 17.1 Å². The van der Waals surface area contributed by atoms with Crippen molar-refractivity contribution in [3.63, 3.8) is 0 Å². The van der Waals surface area contributed by atoms with E-state index in [2.05, 4.69) is 10.1 Å². The van der Waals surface area contributed by atoms with E-state index in [1.807, 2.05) is 18.2 Å². The second kappa shape index (κ2) is 5.58. The molecule has 2 aromatic carbocycles. The second-order valence-electron chi connectivity index (χ2n) is 5.67. The van der Waals surface area contributed by atoms with Crippen LogP contribution in [-0.4, -0.2) is 19.9 Å². The predicted octanol–water partition coefficient (Wildman–Crippen LogP) is 3.44. The van der Waals surface area contributed by atoms with E-state index in [-0.39, 0.29) is 6.10 Å². The van der Waals surface area contributed by atoms with Gasteiger partial charge in [-0.15, -0.1) is 0 Å². The molecule has 1 aliphatic rings. The van der Waals surface area contributed by atoms with Gasteiger partial charge in [0.1, 0.15) is 24.4 Å². The highest BCUT2D eigenvalue weighted by Gasteiger charge is 2.59. The Balaban J connectivity index is 1.77. The van der Waals surface area contributed by atoms with Crippen LogP contribution in [0.5, 0.6) is 5.75 Å². The molecule has 0 radical (unpaired) electrons. The molecule has 2 heterocycles. The average Bonchev–Trinajstić information content (AvgIpc) is 3.04. The summed E-state index contributed by atoms with van der Waals surface area (Å²) < 4.78 is 21.1. The molecule has 1 aliphatic heterocycles. The Hall–Kier alpha value is -2.44. The van der Waals surface area contributed by atoms with Crippen molar-refractivity contribution in [2.24, 2.45) is 0 Å². The highest BCUT2D eigenvalue weighted by Crippen LogP contribution is 2.59. The first kappa shape index (κ1) is 15.1. The third-order valence-electron chi connectivity index (χ3n) is 4.18. The summed E-state index contributed by atoms with van der Waals surface area (Å²) in [4.78, 5) is 3.94. The van der Waals surface area contributed by atoms with Crippen LogP contribution in [0.2, 0.25) is 5.02 Å². The van der Waals surface area contributed by atoms with Gasteiger partial charge in [-0.1, -0.05) is 35.9 Å². The molecule has 3 aromatic rings. The van der Waals surface area contributed by atoms with Crippen LogP contribution in [0, 0.1) is 5.82 Å². The maximum atomic E-state index is 13.4. The van der Waals surface area contributed by atoms with Crippen LogP contribution in [0.4, 0.5) is 4.39 Å². The first-order valence-electron chi connectivity index (χ1n) is 7.34. The van der Waals surface area contributed by atoms with Gasteiger partial charge in [0.25, 0.3) is 0 Å². The summed E-state index contributed by atoms with van der Waals surface area (Å²) in [5, 5.41) is 14.4. The van der Waals surface area contributed by atoms with Gasteiger partial charge in [0, 0.05) is 10.6 Å². The van der Waals surface area contributed by atoms with Gasteiger partial charge in [0.2, 0.25) is 0 Å². The number of epoxide rings is 1. The number of ether oxygens (including phenoxy) is 1. The van der Waals surface area contributed by atoms with Crippen molar-refractivity contribution in [1.82, 2.24) is 14.8 Å². The molecule has 0 aliphatic carbocycles. The van der Waals surface area contributed by atoms with Gasteiger partial charge in [-0.25, -0.2) is 14.1 Å². The molecule has 122 valence electrons. The molecule has 24 heavy (non-hydrogen) atoms. The van der Waals surface area contributed by atoms with Crippen LogP contribution >= 0.6 is 11.6 Å². The number of aromatic nitrogens is 3.